The molecule has 0 radical (unpaired) electrons. The van der Waals surface area contributed by atoms with E-state index in [4.69, 9.17) is 4.74 Å². The van der Waals surface area contributed by atoms with E-state index in [1.165, 1.54) is 18.3 Å². The van der Waals surface area contributed by atoms with E-state index in [1.54, 1.807) is 13.2 Å². The zero-order chi connectivity index (χ0) is 17.8. The number of fused-ring (bicyclic) bond motifs is 1. The van der Waals surface area contributed by atoms with E-state index in [0.29, 0.717) is 23.1 Å². The molecule has 0 spiro atoms. The fourth-order valence-electron chi connectivity index (χ4n) is 2.59. The maximum absolute atomic E-state index is 13.4. The Labute approximate surface area is 145 Å². The number of rotatable bonds is 6. The van der Waals surface area contributed by atoms with Gasteiger partial charge in [0.15, 0.2) is 5.88 Å². The fourth-order valence-corrected chi connectivity index (χ4v) is 2.59. The summed E-state index contributed by atoms with van der Waals surface area (Å²) < 4.78 is 18.5. The molecule has 0 fully saturated rings. The number of aromatic hydroxyl groups is 1. The van der Waals surface area contributed by atoms with E-state index in [9.17, 15) is 9.50 Å². The van der Waals surface area contributed by atoms with Gasteiger partial charge in [0, 0.05) is 43.5 Å². The van der Waals surface area contributed by atoms with E-state index < -0.39 is 0 Å². The van der Waals surface area contributed by atoms with Crippen LogP contribution in [-0.4, -0.2) is 43.6 Å². The quantitative estimate of drug-likeness (QED) is 0.670. The molecule has 1 aromatic heterocycles. The molecule has 130 valence electrons. The van der Waals surface area contributed by atoms with Gasteiger partial charge in [0.1, 0.15) is 5.82 Å². The van der Waals surface area contributed by atoms with Crippen LogP contribution in [0.5, 0.6) is 5.88 Å². The number of hydrogen-bond donors (Lipinski definition) is 2. The first-order chi connectivity index (χ1) is 12.1. The van der Waals surface area contributed by atoms with Crippen LogP contribution < -0.4 is 4.90 Å². The van der Waals surface area contributed by atoms with Crippen molar-refractivity contribution in [2.75, 3.05) is 32.2 Å². The van der Waals surface area contributed by atoms with Crippen molar-refractivity contribution in [1.29, 1.82) is 0 Å². The van der Waals surface area contributed by atoms with Crippen LogP contribution in [0.1, 0.15) is 5.56 Å². The Kier molecular flexibility index (Phi) is 5.00. The Morgan fingerprint density at radius 1 is 1.24 bits per heavy atom. The molecule has 0 unspecified atom stereocenters. The number of H-pyrrole nitrogens is 1. The molecule has 0 bridgehead atoms. The summed E-state index contributed by atoms with van der Waals surface area (Å²) in [6, 6.07) is 12.0. The van der Waals surface area contributed by atoms with Crippen LogP contribution in [0, 0.1) is 5.82 Å². The highest BCUT2D eigenvalue weighted by atomic mass is 19.1. The van der Waals surface area contributed by atoms with Crippen molar-refractivity contribution in [3.8, 4) is 5.88 Å². The van der Waals surface area contributed by atoms with E-state index >= 15 is 0 Å². The zero-order valence-electron chi connectivity index (χ0n) is 14.2. The maximum Gasteiger partial charge on any atom is 0.198 e. The monoisotopic (exact) mass is 341 g/mol. The van der Waals surface area contributed by atoms with Crippen LogP contribution in [0.25, 0.3) is 10.9 Å². The highest BCUT2D eigenvalue weighted by Gasteiger charge is 2.09. The molecular weight excluding hydrogens is 321 g/mol. The number of methoxy groups -OCH3 is 1. The molecule has 1 heterocycles. The van der Waals surface area contributed by atoms with Crippen molar-refractivity contribution in [3.05, 3.63) is 53.8 Å². The molecular formula is C19H20FN3O2. The number of nitrogens with one attached hydrogen (secondary N) is 1. The predicted molar refractivity (Wildman–Crippen MR) is 98.8 cm³/mol. The molecule has 0 amide bonds. The molecule has 0 aliphatic rings. The van der Waals surface area contributed by atoms with Crippen molar-refractivity contribution in [2.45, 2.75) is 0 Å². The lowest BCUT2D eigenvalue weighted by molar-refractivity contribution is 0.206. The topological polar surface area (TPSA) is 60.9 Å². The molecule has 0 aliphatic carbocycles. The van der Waals surface area contributed by atoms with Crippen LogP contribution in [-0.2, 0) is 4.74 Å². The summed E-state index contributed by atoms with van der Waals surface area (Å²) >= 11 is 0. The molecule has 25 heavy (non-hydrogen) atoms. The van der Waals surface area contributed by atoms with Gasteiger partial charge in [-0.2, -0.15) is 0 Å². The largest absolute Gasteiger partial charge is 0.494 e. The second-order valence-corrected chi connectivity index (χ2v) is 5.77. The van der Waals surface area contributed by atoms with E-state index in [1.807, 2.05) is 31.3 Å². The highest BCUT2D eigenvalue weighted by Crippen LogP contribution is 2.27. The summed E-state index contributed by atoms with van der Waals surface area (Å²) in [5, 5.41) is 10.6. The third-order valence-corrected chi connectivity index (χ3v) is 4.04. The van der Waals surface area contributed by atoms with Gasteiger partial charge in [-0.15, -0.1) is 0 Å². The molecule has 0 saturated heterocycles. The number of nitrogens with zero attached hydrogens (tertiary/aromatic N) is 2. The second kappa shape index (κ2) is 7.36. The highest BCUT2D eigenvalue weighted by molar-refractivity contribution is 6.02. The Morgan fingerprint density at radius 2 is 2.00 bits per heavy atom. The van der Waals surface area contributed by atoms with Crippen LogP contribution in [0.4, 0.5) is 15.8 Å². The molecule has 0 aliphatic heterocycles. The summed E-state index contributed by atoms with van der Waals surface area (Å²) in [6.07, 6.45) is 1.54. The minimum Gasteiger partial charge on any atom is -0.494 e. The van der Waals surface area contributed by atoms with Gasteiger partial charge in [-0.3, -0.25) is 4.99 Å². The number of likely N-dealkylation sites (N-methyl/N-ethyl adjacent to an activating group) is 1. The van der Waals surface area contributed by atoms with Crippen molar-refractivity contribution >= 4 is 28.5 Å². The standard InChI is InChI=1S/C19H20FN3O2/c1-23(9-10-25-2)15-6-4-14(5-7-15)21-12-17-16-11-13(20)3-8-18(16)22-19(17)24/h3-8,11-12,22,24H,9-10H2,1-2H3. The van der Waals surface area contributed by atoms with Crippen molar-refractivity contribution in [1.82, 2.24) is 4.98 Å². The van der Waals surface area contributed by atoms with E-state index in [-0.39, 0.29) is 11.7 Å². The number of ether oxygens (including phenoxy) is 1. The van der Waals surface area contributed by atoms with Crippen LogP contribution in [0.2, 0.25) is 0 Å². The van der Waals surface area contributed by atoms with Crippen molar-refractivity contribution in [2.24, 2.45) is 4.99 Å². The lowest BCUT2D eigenvalue weighted by Crippen LogP contribution is -2.21. The Morgan fingerprint density at radius 3 is 2.72 bits per heavy atom. The lowest BCUT2D eigenvalue weighted by atomic mass is 10.2. The van der Waals surface area contributed by atoms with Crippen LogP contribution in [0.15, 0.2) is 47.5 Å². The van der Waals surface area contributed by atoms with Crippen molar-refractivity contribution < 1.29 is 14.2 Å². The van der Waals surface area contributed by atoms with Gasteiger partial charge in [0.2, 0.25) is 0 Å². The molecule has 3 rings (SSSR count). The average molecular weight is 341 g/mol. The van der Waals surface area contributed by atoms with Gasteiger partial charge in [-0.25, -0.2) is 4.39 Å². The Balaban J connectivity index is 1.80. The Bertz CT molecular complexity index is 888. The van der Waals surface area contributed by atoms with Crippen LogP contribution >= 0.6 is 0 Å². The summed E-state index contributed by atoms with van der Waals surface area (Å²) in [7, 11) is 3.67. The molecule has 2 aromatic carbocycles. The second-order valence-electron chi connectivity index (χ2n) is 5.77. The van der Waals surface area contributed by atoms with Gasteiger partial charge >= 0.3 is 0 Å². The number of halogens is 1. The minimum atomic E-state index is -0.357. The van der Waals surface area contributed by atoms with Gasteiger partial charge in [-0.1, -0.05) is 0 Å². The summed E-state index contributed by atoms with van der Waals surface area (Å²) in [5.74, 6) is -0.384. The van der Waals surface area contributed by atoms with Gasteiger partial charge in [0.05, 0.1) is 17.9 Å². The van der Waals surface area contributed by atoms with E-state index in [2.05, 4.69) is 14.9 Å². The zero-order valence-corrected chi connectivity index (χ0v) is 14.2. The first kappa shape index (κ1) is 17.0. The molecule has 5 nitrogen and oxygen atoms in total. The average Bonchev–Trinajstić information content (AvgIpc) is 2.93. The summed E-state index contributed by atoms with van der Waals surface area (Å²) in [6.45, 7) is 1.46. The van der Waals surface area contributed by atoms with Crippen molar-refractivity contribution in [3.63, 3.8) is 0 Å². The summed E-state index contributed by atoms with van der Waals surface area (Å²) in [5.41, 5.74) is 2.94. The van der Waals surface area contributed by atoms with Crippen LogP contribution in [0.3, 0.4) is 0 Å². The predicted octanol–water partition coefficient (Wildman–Crippen LogP) is 3.85. The SMILES string of the molecule is COCCN(C)c1ccc(N=Cc2c(O)[nH]c3ccc(F)cc23)cc1. The number of hydrogen-bond acceptors (Lipinski definition) is 4. The van der Waals surface area contributed by atoms with Gasteiger partial charge in [-0.05, 0) is 42.5 Å². The smallest absolute Gasteiger partial charge is 0.198 e. The molecule has 2 N–H and O–H groups in total. The van der Waals surface area contributed by atoms with Gasteiger partial charge in [0.25, 0.3) is 0 Å². The fraction of sp³-hybridized carbons (Fsp3) is 0.211. The number of benzene rings is 2. The first-order valence-corrected chi connectivity index (χ1v) is 7.93. The number of aromatic amines is 1. The molecule has 0 saturated carbocycles. The third-order valence-electron chi connectivity index (χ3n) is 4.04. The summed E-state index contributed by atoms with van der Waals surface area (Å²) in [4.78, 5) is 9.28. The number of aliphatic imine (C=N–C) groups is 1. The molecule has 3 aromatic rings. The molecule has 0 atom stereocenters. The first-order valence-electron chi connectivity index (χ1n) is 7.93. The number of aromatic nitrogens is 1. The third kappa shape index (κ3) is 3.80. The van der Waals surface area contributed by atoms with E-state index in [0.717, 1.165) is 17.9 Å². The molecule has 6 heteroatoms. The Hall–Kier alpha value is -2.86. The normalized spacial score (nSPS) is 11.5. The lowest BCUT2D eigenvalue weighted by Gasteiger charge is -2.18. The number of anilines is 1. The maximum atomic E-state index is 13.4. The van der Waals surface area contributed by atoms with Gasteiger partial charge < -0.3 is 19.7 Å². The minimum absolute atomic E-state index is 0.0275.